The predicted octanol–water partition coefficient (Wildman–Crippen LogP) is 2.02. The maximum Gasteiger partial charge on any atom is 0.205 e. The summed E-state index contributed by atoms with van der Waals surface area (Å²) in [7, 11) is 0. The molecule has 1 unspecified atom stereocenters. The molecule has 4 nitrogen and oxygen atoms in total. The summed E-state index contributed by atoms with van der Waals surface area (Å²) in [5, 5.41) is 18.8. The van der Waals surface area contributed by atoms with Crippen LogP contribution >= 0.6 is 0 Å². The first-order chi connectivity index (χ1) is 8.83. The van der Waals surface area contributed by atoms with Gasteiger partial charge in [0.25, 0.3) is 0 Å². The summed E-state index contributed by atoms with van der Waals surface area (Å²) in [5.41, 5.74) is -0.640. The standard InChI is InChI=1S/C15H29N3O/c1-6-9-18-11-16-17-14(18)13(8-7-12(2)3)10-15(4,5)19/h6,12-14,19H,1,7-11H2,2-5H3/p+1/t13-,14+/m1/s1. The fraction of sp³-hybridized carbons (Fsp3) is 0.867. The molecule has 1 aliphatic heterocycles. The predicted molar refractivity (Wildman–Crippen MR) is 78.0 cm³/mol. The van der Waals surface area contributed by atoms with E-state index in [0.29, 0.717) is 11.8 Å². The fourth-order valence-electron chi connectivity index (χ4n) is 2.75. The van der Waals surface area contributed by atoms with E-state index in [1.165, 1.54) is 11.3 Å². The molecule has 0 aliphatic carbocycles. The highest BCUT2D eigenvalue weighted by atomic mass is 16.3. The quantitative estimate of drug-likeness (QED) is 0.650. The second kappa shape index (κ2) is 7.15. The van der Waals surface area contributed by atoms with Gasteiger partial charge in [0, 0.05) is 5.92 Å². The van der Waals surface area contributed by atoms with Gasteiger partial charge in [0.2, 0.25) is 6.17 Å². The molecule has 3 atom stereocenters. The monoisotopic (exact) mass is 268 g/mol. The van der Waals surface area contributed by atoms with Crippen molar-refractivity contribution in [1.82, 2.24) is 0 Å². The zero-order valence-corrected chi connectivity index (χ0v) is 12.9. The fourth-order valence-corrected chi connectivity index (χ4v) is 2.75. The highest BCUT2D eigenvalue weighted by molar-refractivity contribution is 4.78. The van der Waals surface area contributed by atoms with E-state index in [9.17, 15) is 5.11 Å². The lowest BCUT2D eigenvalue weighted by molar-refractivity contribution is -0.913. The molecule has 4 heteroatoms. The van der Waals surface area contributed by atoms with Gasteiger partial charge >= 0.3 is 0 Å². The third-order valence-electron chi connectivity index (χ3n) is 3.63. The molecule has 110 valence electrons. The Morgan fingerprint density at radius 1 is 1.42 bits per heavy atom. The van der Waals surface area contributed by atoms with E-state index >= 15 is 0 Å². The minimum Gasteiger partial charge on any atom is -0.390 e. The van der Waals surface area contributed by atoms with Gasteiger partial charge in [-0.3, -0.25) is 4.90 Å². The molecule has 1 rings (SSSR count). The first kappa shape index (κ1) is 16.3. The van der Waals surface area contributed by atoms with Gasteiger partial charge in [-0.15, -0.1) is 10.2 Å². The number of quaternary nitrogens is 1. The molecule has 1 aliphatic rings. The van der Waals surface area contributed by atoms with Gasteiger partial charge in [-0.05, 0) is 38.7 Å². The molecule has 1 heterocycles. The highest BCUT2D eigenvalue weighted by Gasteiger charge is 2.36. The van der Waals surface area contributed by atoms with Gasteiger partial charge in [0.05, 0.1) is 12.1 Å². The molecule has 0 aromatic rings. The van der Waals surface area contributed by atoms with Crippen molar-refractivity contribution in [3.63, 3.8) is 0 Å². The van der Waals surface area contributed by atoms with Crippen LogP contribution in [0, 0.1) is 11.8 Å². The van der Waals surface area contributed by atoms with Crippen LogP contribution in [0.1, 0.15) is 47.0 Å². The van der Waals surface area contributed by atoms with Crippen molar-refractivity contribution < 1.29 is 10.0 Å². The maximum atomic E-state index is 10.1. The minimum atomic E-state index is -0.640. The average molecular weight is 268 g/mol. The molecule has 0 radical (unpaired) electrons. The Kier molecular flexibility index (Phi) is 6.14. The summed E-state index contributed by atoms with van der Waals surface area (Å²) < 4.78 is 0. The van der Waals surface area contributed by atoms with Crippen molar-refractivity contribution in [3.8, 4) is 0 Å². The Labute approximate surface area is 117 Å². The van der Waals surface area contributed by atoms with Crippen molar-refractivity contribution in [2.24, 2.45) is 22.1 Å². The number of hydrogen-bond acceptors (Lipinski definition) is 3. The van der Waals surface area contributed by atoms with Crippen molar-refractivity contribution in [3.05, 3.63) is 12.7 Å². The van der Waals surface area contributed by atoms with Crippen molar-refractivity contribution in [2.75, 3.05) is 13.2 Å². The van der Waals surface area contributed by atoms with Gasteiger partial charge in [-0.1, -0.05) is 26.8 Å². The normalized spacial score (nSPS) is 24.9. The Morgan fingerprint density at radius 3 is 2.63 bits per heavy atom. The first-order valence-corrected chi connectivity index (χ1v) is 7.38. The third-order valence-corrected chi connectivity index (χ3v) is 3.63. The van der Waals surface area contributed by atoms with Crippen LogP contribution in [0.25, 0.3) is 0 Å². The van der Waals surface area contributed by atoms with Gasteiger partial charge in [0.1, 0.15) is 0 Å². The molecule has 0 spiro atoms. The van der Waals surface area contributed by atoms with Gasteiger partial charge in [0.15, 0.2) is 6.67 Å². The lowest BCUT2D eigenvalue weighted by Gasteiger charge is -2.30. The van der Waals surface area contributed by atoms with E-state index in [1.807, 2.05) is 19.9 Å². The molecule has 19 heavy (non-hydrogen) atoms. The number of hydrogen-bond donors (Lipinski definition) is 2. The second-order valence-electron chi connectivity index (χ2n) is 6.76. The first-order valence-electron chi connectivity index (χ1n) is 7.38. The van der Waals surface area contributed by atoms with Crippen molar-refractivity contribution in [1.29, 1.82) is 0 Å². The van der Waals surface area contributed by atoms with Crippen LogP contribution in [0.4, 0.5) is 0 Å². The van der Waals surface area contributed by atoms with Crippen LogP contribution in [0.5, 0.6) is 0 Å². The molecule has 0 saturated carbocycles. The number of azo groups is 1. The van der Waals surface area contributed by atoms with Crippen LogP contribution in [0.2, 0.25) is 0 Å². The number of nitrogens with zero attached hydrogens (tertiary/aromatic N) is 2. The topological polar surface area (TPSA) is 49.4 Å². The van der Waals surface area contributed by atoms with Crippen molar-refractivity contribution in [2.45, 2.75) is 58.7 Å². The van der Waals surface area contributed by atoms with Gasteiger partial charge in [-0.2, -0.15) is 0 Å². The zero-order chi connectivity index (χ0) is 14.5. The Morgan fingerprint density at radius 2 is 2.11 bits per heavy atom. The van der Waals surface area contributed by atoms with Gasteiger partial charge < -0.3 is 5.11 Å². The molecule has 0 aromatic carbocycles. The SMILES string of the molecule is C=CC[NH+]1CN=N[C@@H]1[C@H](CCC(C)C)CC(C)(C)O. The lowest BCUT2D eigenvalue weighted by atomic mass is 9.86. The summed E-state index contributed by atoms with van der Waals surface area (Å²) in [6.07, 6.45) is 5.18. The molecule has 0 saturated heterocycles. The summed E-state index contributed by atoms with van der Waals surface area (Å²) in [5.74, 6) is 1.08. The van der Waals surface area contributed by atoms with Crippen LogP contribution in [-0.2, 0) is 0 Å². The van der Waals surface area contributed by atoms with E-state index < -0.39 is 5.60 Å². The summed E-state index contributed by atoms with van der Waals surface area (Å²) >= 11 is 0. The minimum absolute atomic E-state index is 0.183. The second-order valence-corrected chi connectivity index (χ2v) is 6.76. The molecule has 0 aromatic heterocycles. The van der Waals surface area contributed by atoms with E-state index in [1.54, 1.807) is 0 Å². The maximum absolute atomic E-state index is 10.1. The molecular weight excluding hydrogens is 238 g/mol. The molecule has 0 bridgehead atoms. The van der Waals surface area contributed by atoms with E-state index in [4.69, 9.17) is 0 Å². The largest absolute Gasteiger partial charge is 0.390 e. The third kappa shape index (κ3) is 5.83. The van der Waals surface area contributed by atoms with Gasteiger partial charge in [-0.25, -0.2) is 0 Å². The van der Waals surface area contributed by atoms with E-state index in [-0.39, 0.29) is 6.17 Å². The zero-order valence-electron chi connectivity index (χ0n) is 12.9. The van der Waals surface area contributed by atoms with Crippen LogP contribution in [-0.4, -0.2) is 30.1 Å². The molecule has 0 amide bonds. The number of aliphatic hydroxyl groups is 1. The molecular formula is C15H30N3O+. The van der Waals surface area contributed by atoms with Crippen molar-refractivity contribution >= 4 is 0 Å². The highest BCUT2D eigenvalue weighted by Crippen LogP contribution is 2.26. The van der Waals surface area contributed by atoms with E-state index in [0.717, 1.165) is 26.1 Å². The molecule has 2 N–H and O–H groups in total. The molecule has 0 fully saturated rings. The van der Waals surface area contributed by atoms with Crippen LogP contribution in [0.15, 0.2) is 22.9 Å². The smallest absolute Gasteiger partial charge is 0.205 e. The summed E-state index contributed by atoms with van der Waals surface area (Å²) in [4.78, 5) is 1.35. The lowest BCUT2D eigenvalue weighted by Crippen LogP contribution is -3.14. The summed E-state index contributed by atoms with van der Waals surface area (Å²) in [6.45, 7) is 13.7. The Bertz CT molecular complexity index is 307. The summed E-state index contributed by atoms with van der Waals surface area (Å²) in [6, 6.07) is 0. The van der Waals surface area contributed by atoms with E-state index in [2.05, 4.69) is 30.7 Å². The Balaban J connectivity index is 2.70. The number of nitrogens with one attached hydrogen (secondary N) is 1. The Hall–Kier alpha value is -0.740. The number of rotatable bonds is 8. The van der Waals surface area contributed by atoms with Crippen LogP contribution < -0.4 is 4.90 Å². The van der Waals surface area contributed by atoms with Crippen LogP contribution in [0.3, 0.4) is 0 Å². The average Bonchev–Trinajstić information content (AvgIpc) is 2.71.